The maximum atomic E-state index is 11.7. The molecule has 23 heavy (non-hydrogen) atoms. The molecule has 0 spiro atoms. The fourth-order valence-corrected chi connectivity index (χ4v) is 2.64. The highest BCUT2D eigenvalue weighted by atomic mass is 32.2. The highest BCUT2D eigenvalue weighted by Crippen LogP contribution is 2.17. The van der Waals surface area contributed by atoms with Crippen LogP contribution in [0.25, 0.3) is 0 Å². The average molecular weight is 329 g/mol. The predicted octanol–water partition coefficient (Wildman–Crippen LogP) is 3.23. The number of hydrazone groups is 1. The van der Waals surface area contributed by atoms with Crippen molar-refractivity contribution in [1.29, 1.82) is 0 Å². The van der Waals surface area contributed by atoms with Crippen molar-refractivity contribution in [1.82, 2.24) is 5.43 Å². The quantitative estimate of drug-likeness (QED) is 0.366. The lowest BCUT2D eigenvalue weighted by Crippen LogP contribution is -2.17. The highest BCUT2D eigenvalue weighted by Gasteiger charge is 2.10. The zero-order valence-electron chi connectivity index (χ0n) is 12.2. The van der Waals surface area contributed by atoms with Gasteiger partial charge in [-0.3, -0.25) is 14.9 Å². The van der Waals surface area contributed by atoms with Crippen LogP contribution in [0.1, 0.15) is 12.0 Å². The largest absolute Gasteiger partial charge is 0.278 e. The highest BCUT2D eigenvalue weighted by molar-refractivity contribution is 7.99. The lowest BCUT2D eigenvalue weighted by molar-refractivity contribution is -0.385. The maximum Gasteiger partial charge on any atom is 0.278 e. The van der Waals surface area contributed by atoms with Gasteiger partial charge in [0.25, 0.3) is 5.69 Å². The molecule has 118 valence electrons. The molecule has 2 rings (SSSR count). The molecule has 2 aromatic rings. The number of benzene rings is 2. The smallest absolute Gasteiger partial charge is 0.273 e. The molecule has 0 fully saturated rings. The Labute approximate surface area is 137 Å². The number of nitro benzene ring substituents is 1. The van der Waals surface area contributed by atoms with E-state index in [2.05, 4.69) is 10.5 Å². The summed E-state index contributed by atoms with van der Waals surface area (Å²) in [4.78, 5) is 23.1. The van der Waals surface area contributed by atoms with Crippen LogP contribution in [-0.2, 0) is 4.79 Å². The normalized spacial score (nSPS) is 10.6. The molecule has 1 amide bonds. The Morgan fingerprint density at radius 2 is 1.87 bits per heavy atom. The van der Waals surface area contributed by atoms with Crippen LogP contribution < -0.4 is 5.43 Å². The Bertz CT molecular complexity index is 705. The number of hydrogen-bond donors (Lipinski definition) is 1. The Balaban J connectivity index is 1.79. The number of carbonyl (C=O) groups is 1. The molecule has 0 heterocycles. The van der Waals surface area contributed by atoms with Crippen LogP contribution in [0.3, 0.4) is 0 Å². The van der Waals surface area contributed by atoms with E-state index in [0.717, 1.165) is 4.90 Å². The maximum absolute atomic E-state index is 11.7. The Morgan fingerprint density at radius 3 is 2.61 bits per heavy atom. The number of nitrogens with one attached hydrogen (secondary N) is 1. The summed E-state index contributed by atoms with van der Waals surface area (Å²) in [6.07, 6.45) is 1.59. The van der Waals surface area contributed by atoms with E-state index in [9.17, 15) is 14.9 Å². The number of rotatable bonds is 7. The second-order valence-corrected chi connectivity index (χ2v) is 5.69. The van der Waals surface area contributed by atoms with Crippen LogP contribution in [0.15, 0.2) is 64.6 Å². The lowest BCUT2D eigenvalue weighted by atomic mass is 10.2. The van der Waals surface area contributed by atoms with Crippen LogP contribution in [0.2, 0.25) is 0 Å². The van der Waals surface area contributed by atoms with Crippen LogP contribution in [0, 0.1) is 10.1 Å². The number of hydrogen-bond acceptors (Lipinski definition) is 5. The molecular formula is C16H15N3O3S. The zero-order chi connectivity index (χ0) is 16.5. The molecule has 0 bridgehead atoms. The van der Waals surface area contributed by atoms with Crippen molar-refractivity contribution in [2.45, 2.75) is 11.3 Å². The molecule has 0 aromatic heterocycles. The van der Waals surface area contributed by atoms with Crippen molar-refractivity contribution in [2.75, 3.05) is 5.75 Å². The molecule has 6 nitrogen and oxygen atoms in total. The van der Waals surface area contributed by atoms with Gasteiger partial charge in [-0.15, -0.1) is 11.8 Å². The fraction of sp³-hybridized carbons (Fsp3) is 0.125. The minimum Gasteiger partial charge on any atom is -0.273 e. The first-order valence-electron chi connectivity index (χ1n) is 6.90. The van der Waals surface area contributed by atoms with Crippen LogP contribution >= 0.6 is 11.8 Å². The summed E-state index contributed by atoms with van der Waals surface area (Å²) in [6.45, 7) is 0. The molecule has 0 saturated carbocycles. The van der Waals surface area contributed by atoms with Crippen LogP contribution in [-0.4, -0.2) is 22.8 Å². The van der Waals surface area contributed by atoms with E-state index in [0.29, 0.717) is 17.7 Å². The van der Waals surface area contributed by atoms with E-state index >= 15 is 0 Å². The molecule has 1 N–H and O–H groups in total. The van der Waals surface area contributed by atoms with Gasteiger partial charge in [-0.1, -0.05) is 30.3 Å². The first-order chi connectivity index (χ1) is 11.2. The van der Waals surface area contributed by atoms with Gasteiger partial charge in [-0.05, 0) is 18.2 Å². The minimum atomic E-state index is -0.486. The van der Waals surface area contributed by atoms with Gasteiger partial charge in [-0.2, -0.15) is 5.10 Å². The number of nitro groups is 1. The van der Waals surface area contributed by atoms with Gasteiger partial charge in [-0.25, -0.2) is 5.43 Å². The zero-order valence-corrected chi connectivity index (χ0v) is 13.0. The van der Waals surface area contributed by atoms with E-state index in [1.807, 2.05) is 30.3 Å². The summed E-state index contributed by atoms with van der Waals surface area (Å²) in [5.74, 6) is 0.403. The van der Waals surface area contributed by atoms with Crippen molar-refractivity contribution >= 4 is 29.6 Å². The Kier molecular flexibility index (Phi) is 6.31. The van der Waals surface area contributed by atoms with E-state index in [-0.39, 0.29) is 11.6 Å². The second-order valence-electron chi connectivity index (χ2n) is 4.52. The van der Waals surface area contributed by atoms with Crippen molar-refractivity contribution in [2.24, 2.45) is 5.10 Å². The summed E-state index contributed by atoms with van der Waals surface area (Å²) in [6, 6.07) is 16.0. The molecule has 0 aliphatic carbocycles. The number of thioether (sulfide) groups is 1. The Morgan fingerprint density at radius 1 is 1.17 bits per heavy atom. The molecule has 7 heteroatoms. The second kappa shape index (κ2) is 8.70. The van der Waals surface area contributed by atoms with E-state index < -0.39 is 4.92 Å². The minimum absolute atomic E-state index is 0.0508. The summed E-state index contributed by atoms with van der Waals surface area (Å²) in [7, 11) is 0. The molecule has 0 radical (unpaired) electrons. The third kappa shape index (κ3) is 5.55. The van der Waals surface area contributed by atoms with E-state index in [1.54, 1.807) is 30.0 Å². The number of para-hydroxylation sites is 1. The first-order valence-corrected chi connectivity index (χ1v) is 7.88. The average Bonchev–Trinajstić information content (AvgIpc) is 2.56. The third-order valence-electron chi connectivity index (χ3n) is 2.87. The molecule has 2 aromatic carbocycles. The predicted molar refractivity (Wildman–Crippen MR) is 90.6 cm³/mol. The topological polar surface area (TPSA) is 84.6 Å². The van der Waals surface area contributed by atoms with E-state index in [4.69, 9.17) is 0 Å². The first kappa shape index (κ1) is 16.7. The molecule has 0 atom stereocenters. The lowest BCUT2D eigenvalue weighted by Gasteiger charge is -2.01. The summed E-state index contributed by atoms with van der Waals surface area (Å²) in [5.41, 5.74) is 2.67. The van der Waals surface area contributed by atoms with Crippen molar-refractivity contribution in [3.05, 3.63) is 70.3 Å². The monoisotopic (exact) mass is 329 g/mol. The molecule has 0 aliphatic heterocycles. The van der Waals surface area contributed by atoms with Gasteiger partial charge in [0.1, 0.15) is 0 Å². The van der Waals surface area contributed by atoms with Gasteiger partial charge in [0.2, 0.25) is 5.91 Å². The molecule has 0 aliphatic rings. The molecule has 0 unspecified atom stereocenters. The summed E-state index contributed by atoms with van der Waals surface area (Å²) >= 11 is 1.58. The number of amides is 1. The van der Waals surface area contributed by atoms with Gasteiger partial charge >= 0.3 is 0 Å². The van der Waals surface area contributed by atoms with Crippen molar-refractivity contribution in [3.63, 3.8) is 0 Å². The number of carbonyl (C=O) groups excluding carboxylic acids is 1. The summed E-state index contributed by atoms with van der Waals surface area (Å²) in [5, 5.41) is 14.6. The molecule has 0 saturated heterocycles. The number of nitrogens with zero attached hydrogens (tertiary/aromatic N) is 2. The van der Waals surface area contributed by atoms with Crippen LogP contribution in [0.4, 0.5) is 5.69 Å². The Hall–Kier alpha value is -2.67. The van der Waals surface area contributed by atoms with Crippen LogP contribution in [0.5, 0.6) is 0 Å². The SMILES string of the molecule is O=C(CCSc1ccccc1)N/N=C\c1ccccc1[N+](=O)[O-]. The van der Waals surface area contributed by atoms with Crippen molar-refractivity contribution < 1.29 is 9.72 Å². The summed E-state index contributed by atoms with van der Waals surface area (Å²) < 4.78 is 0. The fourth-order valence-electron chi connectivity index (χ4n) is 1.77. The molecular weight excluding hydrogens is 314 g/mol. The van der Waals surface area contributed by atoms with Gasteiger partial charge < -0.3 is 0 Å². The standard InChI is InChI=1S/C16H15N3O3S/c20-16(10-11-23-14-7-2-1-3-8-14)18-17-12-13-6-4-5-9-15(13)19(21)22/h1-9,12H,10-11H2,(H,18,20)/b17-12-. The van der Waals surface area contributed by atoms with Gasteiger partial charge in [0, 0.05) is 23.1 Å². The third-order valence-corrected chi connectivity index (χ3v) is 3.88. The van der Waals surface area contributed by atoms with Crippen molar-refractivity contribution in [3.8, 4) is 0 Å². The van der Waals surface area contributed by atoms with Gasteiger partial charge in [0.05, 0.1) is 16.7 Å². The van der Waals surface area contributed by atoms with E-state index in [1.165, 1.54) is 12.3 Å². The van der Waals surface area contributed by atoms with Gasteiger partial charge in [0.15, 0.2) is 0 Å².